The van der Waals surface area contributed by atoms with E-state index in [1.54, 1.807) is 6.20 Å². The minimum absolute atomic E-state index is 0.140. The second-order valence-electron chi connectivity index (χ2n) is 5.81. The molecule has 116 valence electrons. The zero-order valence-electron chi connectivity index (χ0n) is 13.2. The number of nitrogens with zero attached hydrogens (tertiary/aromatic N) is 3. The Morgan fingerprint density at radius 2 is 1.77 bits per heavy atom. The van der Waals surface area contributed by atoms with Crippen molar-refractivity contribution in [2.24, 2.45) is 0 Å². The molecule has 1 aliphatic heterocycles. The lowest BCUT2D eigenvalue weighted by Crippen LogP contribution is -2.32. The van der Waals surface area contributed by atoms with Crippen LogP contribution in [0.25, 0.3) is 5.69 Å². The van der Waals surface area contributed by atoms with Crippen molar-refractivity contribution in [3.05, 3.63) is 47.8 Å². The summed E-state index contributed by atoms with van der Waals surface area (Å²) in [6.45, 7) is 3.83. The number of hydrogen-bond acceptors (Lipinski definition) is 2. The molecule has 1 aromatic heterocycles. The highest BCUT2D eigenvalue weighted by Crippen LogP contribution is 2.19. The van der Waals surface area contributed by atoms with Crippen LogP contribution in [-0.2, 0) is 6.42 Å². The number of benzene rings is 1. The molecule has 0 saturated carbocycles. The summed E-state index contributed by atoms with van der Waals surface area (Å²) in [5.74, 6) is 0.140. The Balaban J connectivity index is 1.91. The van der Waals surface area contributed by atoms with Crippen molar-refractivity contribution < 1.29 is 4.79 Å². The molecule has 1 saturated heterocycles. The number of para-hydroxylation sites is 1. The zero-order valence-corrected chi connectivity index (χ0v) is 13.2. The molecule has 0 radical (unpaired) electrons. The van der Waals surface area contributed by atoms with E-state index in [2.05, 4.69) is 12.0 Å². The summed E-state index contributed by atoms with van der Waals surface area (Å²) in [6, 6.07) is 10.0. The first-order valence-electron chi connectivity index (χ1n) is 8.23. The Morgan fingerprint density at radius 3 is 2.41 bits per heavy atom. The van der Waals surface area contributed by atoms with Crippen LogP contribution in [0.1, 0.15) is 48.7 Å². The number of hydrogen-bond donors (Lipinski definition) is 0. The molecule has 1 aliphatic rings. The van der Waals surface area contributed by atoms with E-state index in [9.17, 15) is 4.79 Å². The number of carbonyl (C=O) groups excluding carboxylic acids is 1. The average Bonchev–Trinajstić information content (AvgIpc) is 2.80. The van der Waals surface area contributed by atoms with Crippen molar-refractivity contribution in [1.82, 2.24) is 14.7 Å². The predicted octanol–water partition coefficient (Wildman–Crippen LogP) is 3.45. The van der Waals surface area contributed by atoms with Crippen LogP contribution in [-0.4, -0.2) is 33.7 Å². The van der Waals surface area contributed by atoms with Crippen LogP contribution in [0.5, 0.6) is 0 Å². The lowest BCUT2D eigenvalue weighted by Gasteiger charge is -2.20. The summed E-state index contributed by atoms with van der Waals surface area (Å²) in [5.41, 5.74) is 2.77. The van der Waals surface area contributed by atoms with Gasteiger partial charge in [-0.1, -0.05) is 38.0 Å². The van der Waals surface area contributed by atoms with Gasteiger partial charge in [-0.3, -0.25) is 4.79 Å². The molecule has 0 N–H and O–H groups in total. The average molecular weight is 297 g/mol. The van der Waals surface area contributed by atoms with E-state index < -0.39 is 0 Å². The van der Waals surface area contributed by atoms with Gasteiger partial charge in [0.2, 0.25) is 0 Å². The van der Waals surface area contributed by atoms with E-state index in [1.807, 2.05) is 39.9 Å². The van der Waals surface area contributed by atoms with E-state index >= 15 is 0 Å². The smallest absolute Gasteiger partial charge is 0.257 e. The minimum atomic E-state index is 0.140. The molecule has 1 aromatic carbocycles. The van der Waals surface area contributed by atoms with Gasteiger partial charge in [0, 0.05) is 13.1 Å². The van der Waals surface area contributed by atoms with Gasteiger partial charge >= 0.3 is 0 Å². The molecule has 0 spiro atoms. The van der Waals surface area contributed by atoms with Gasteiger partial charge in [-0.05, 0) is 31.4 Å². The summed E-state index contributed by atoms with van der Waals surface area (Å²) in [5, 5.41) is 4.47. The third-order valence-corrected chi connectivity index (χ3v) is 4.33. The first-order chi connectivity index (χ1) is 10.8. The Morgan fingerprint density at radius 1 is 1.09 bits per heavy atom. The minimum Gasteiger partial charge on any atom is -0.339 e. The normalized spacial score (nSPS) is 15.6. The van der Waals surface area contributed by atoms with Gasteiger partial charge in [-0.15, -0.1) is 0 Å². The number of rotatable bonds is 3. The van der Waals surface area contributed by atoms with Gasteiger partial charge in [-0.25, -0.2) is 4.68 Å². The molecular formula is C18H23N3O. The molecular weight excluding hydrogens is 274 g/mol. The number of likely N-dealkylation sites (tertiary alicyclic amines) is 1. The highest BCUT2D eigenvalue weighted by Gasteiger charge is 2.22. The molecule has 22 heavy (non-hydrogen) atoms. The lowest BCUT2D eigenvalue weighted by atomic mass is 10.1. The highest BCUT2D eigenvalue weighted by molar-refractivity contribution is 5.95. The predicted molar refractivity (Wildman–Crippen MR) is 87.3 cm³/mol. The quantitative estimate of drug-likeness (QED) is 0.870. The maximum atomic E-state index is 12.8. The molecule has 0 unspecified atom stereocenters. The largest absolute Gasteiger partial charge is 0.339 e. The Hall–Kier alpha value is -2.10. The summed E-state index contributed by atoms with van der Waals surface area (Å²) >= 11 is 0. The van der Waals surface area contributed by atoms with Crippen LogP contribution in [0, 0.1) is 0 Å². The molecule has 2 aromatic rings. The second kappa shape index (κ2) is 6.77. The first kappa shape index (κ1) is 14.8. The van der Waals surface area contributed by atoms with Crippen molar-refractivity contribution >= 4 is 5.91 Å². The van der Waals surface area contributed by atoms with E-state index in [4.69, 9.17) is 0 Å². The van der Waals surface area contributed by atoms with Gasteiger partial charge in [0.1, 0.15) is 0 Å². The van der Waals surface area contributed by atoms with Crippen LogP contribution in [0.4, 0.5) is 0 Å². The first-order valence-corrected chi connectivity index (χ1v) is 8.23. The molecule has 4 heteroatoms. The van der Waals surface area contributed by atoms with Crippen LogP contribution in [0.2, 0.25) is 0 Å². The fraction of sp³-hybridized carbons (Fsp3) is 0.444. The fourth-order valence-electron chi connectivity index (χ4n) is 3.13. The lowest BCUT2D eigenvalue weighted by molar-refractivity contribution is 0.0760. The van der Waals surface area contributed by atoms with E-state index in [-0.39, 0.29) is 5.91 Å². The SMILES string of the molecule is CCc1c(C(=O)N2CCCCCC2)cnn1-c1ccccc1. The highest BCUT2D eigenvalue weighted by atomic mass is 16.2. The maximum absolute atomic E-state index is 12.8. The third kappa shape index (κ3) is 2.91. The van der Waals surface area contributed by atoms with Crippen molar-refractivity contribution in [3.63, 3.8) is 0 Å². The summed E-state index contributed by atoms with van der Waals surface area (Å²) < 4.78 is 1.89. The van der Waals surface area contributed by atoms with Gasteiger partial charge in [0.25, 0.3) is 5.91 Å². The summed E-state index contributed by atoms with van der Waals surface area (Å²) in [4.78, 5) is 14.8. The van der Waals surface area contributed by atoms with Crippen molar-refractivity contribution in [2.75, 3.05) is 13.1 Å². The van der Waals surface area contributed by atoms with Gasteiger partial charge < -0.3 is 4.90 Å². The van der Waals surface area contributed by atoms with Gasteiger partial charge in [0.05, 0.1) is 23.1 Å². The van der Waals surface area contributed by atoms with E-state index in [0.717, 1.165) is 49.3 Å². The fourth-order valence-corrected chi connectivity index (χ4v) is 3.13. The Bertz CT molecular complexity index is 625. The topological polar surface area (TPSA) is 38.1 Å². The molecule has 4 nitrogen and oxygen atoms in total. The van der Waals surface area contributed by atoms with E-state index in [0.29, 0.717) is 0 Å². The van der Waals surface area contributed by atoms with Crippen molar-refractivity contribution in [1.29, 1.82) is 0 Å². The number of carbonyl (C=O) groups is 1. The Labute approximate surface area is 131 Å². The standard InChI is InChI=1S/C18H23N3O/c1-2-17-16(18(22)20-12-8-3-4-9-13-20)14-19-21(17)15-10-6-5-7-11-15/h5-7,10-11,14H,2-4,8-9,12-13H2,1H3. The molecule has 0 aliphatic carbocycles. The van der Waals surface area contributed by atoms with Gasteiger partial charge in [-0.2, -0.15) is 5.10 Å². The maximum Gasteiger partial charge on any atom is 0.257 e. The van der Waals surface area contributed by atoms with Gasteiger partial charge in [0.15, 0.2) is 0 Å². The summed E-state index contributed by atoms with van der Waals surface area (Å²) in [7, 11) is 0. The second-order valence-corrected chi connectivity index (χ2v) is 5.81. The van der Waals surface area contributed by atoms with Crippen LogP contribution in [0.3, 0.4) is 0 Å². The molecule has 3 rings (SSSR count). The number of amides is 1. The third-order valence-electron chi connectivity index (χ3n) is 4.33. The molecule has 0 bridgehead atoms. The molecule has 1 amide bonds. The van der Waals surface area contributed by atoms with E-state index in [1.165, 1.54) is 12.8 Å². The molecule has 1 fully saturated rings. The zero-order chi connectivity index (χ0) is 15.4. The Kier molecular flexibility index (Phi) is 4.56. The summed E-state index contributed by atoms with van der Waals surface area (Å²) in [6.07, 6.45) is 7.21. The van der Waals surface area contributed by atoms with Crippen LogP contribution >= 0.6 is 0 Å². The van der Waals surface area contributed by atoms with Crippen molar-refractivity contribution in [3.8, 4) is 5.69 Å². The molecule has 2 heterocycles. The molecule has 0 atom stereocenters. The van der Waals surface area contributed by atoms with Crippen LogP contribution < -0.4 is 0 Å². The monoisotopic (exact) mass is 297 g/mol. The number of aromatic nitrogens is 2. The van der Waals surface area contributed by atoms with Crippen LogP contribution in [0.15, 0.2) is 36.5 Å². The van der Waals surface area contributed by atoms with Crippen molar-refractivity contribution in [2.45, 2.75) is 39.0 Å².